The summed E-state index contributed by atoms with van der Waals surface area (Å²) >= 11 is 0. The summed E-state index contributed by atoms with van der Waals surface area (Å²) in [5, 5.41) is 0. The van der Waals surface area contributed by atoms with E-state index in [4.69, 9.17) is 0 Å². The quantitative estimate of drug-likeness (QED) is 0.535. The molecule has 0 aliphatic heterocycles. The molecule has 2 saturated carbocycles. The van der Waals surface area contributed by atoms with Gasteiger partial charge >= 0.3 is 0 Å². The number of rotatable bonds is 6. The molecular weight excluding hydrogens is 280 g/mol. The number of allylic oxidation sites excluding steroid dienone is 8. The fraction of sp³-hybridized carbons (Fsp3) is 0.591. The lowest BCUT2D eigenvalue weighted by molar-refractivity contribution is -0.116. The van der Waals surface area contributed by atoms with Crippen LogP contribution in [0.2, 0.25) is 0 Å². The van der Waals surface area contributed by atoms with E-state index in [-0.39, 0.29) is 5.78 Å². The van der Waals surface area contributed by atoms with Crippen molar-refractivity contribution in [2.45, 2.75) is 66.7 Å². The van der Waals surface area contributed by atoms with Crippen molar-refractivity contribution in [3.63, 3.8) is 0 Å². The Kier molecular flexibility index (Phi) is 5.49. The highest BCUT2D eigenvalue weighted by Crippen LogP contribution is 2.70. The molecule has 2 aliphatic carbocycles. The first-order valence-corrected chi connectivity index (χ1v) is 8.97. The average molecular weight is 312 g/mol. The number of hydrogen-bond donors (Lipinski definition) is 0. The highest BCUT2D eigenvalue weighted by molar-refractivity contribution is 5.77. The number of carbonyl (C=O) groups excluding carboxylic acids is 1. The molecule has 0 saturated heterocycles. The second-order valence-electron chi connectivity index (χ2n) is 8.17. The number of ketones is 1. The van der Waals surface area contributed by atoms with E-state index in [9.17, 15) is 4.79 Å². The Morgan fingerprint density at radius 1 is 1.13 bits per heavy atom. The Balaban J connectivity index is 1.95. The van der Waals surface area contributed by atoms with Gasteiger partial charge in [-0.15, -0.1) is 0 Å². The van der Waals surface area contributed by atoms with E-state index in [0.717, 1.165) is 11.5 Å². The van der Waals surface area contributed by atoms with E-state index in [1.807, 2.05) is 13.0 Å². The van der Waals surface area contributed by atoms with Gasteiger partial charge in [-0.2, -0.15) is 0 Å². The topological polar surface area (TPSA) is 17.1 Å². The second-order valence-corrected chi connectivity index (χ2v) is 8.17. The minimum atomic E-state index is 0.209. The Labute approximate surface area is 142 Å². The van der Waals surface area contributed by atoms with Crippen molar-refractivity contribution in [3.05, 3.63) is 47.6 Å². The van der Waals surface area contributed by atoms with Crippen LogP contribution in [0.25, 0.3) is 0 Å². The second kappa shape index (κ2) is 7.03. The summed E-state index contributed by atoms with van der Waals surface area (Å²) in [5.41, 5.74) is 3.35. The van der Waals surface area contributed by atoms with E-state index in [2.05, 4.69) is 51.2 Å². The van der Waals surface area contributed by atoms with E-state index in [0.29, 0.717) is 17.3 Å². The third-order valence-electron chi connectivity index (χ3n) is 5.84. The minimum Gasteiger partial charge on any atom is -0.300 e. The lowest BCUT2D eigenvalue weighted by atomic mass is 9.67. The van der Waals surface area contributed by atoms with Crippen LogP contribution >= 0.6 is 0 Å². The molecular formula is C22H32O. The van der Waals surface area contributed by atoms with E-state index in [1.54, 1.807) is 6.92 Å². The predicted molar refractivity (Wildman–Crippen MR) is 99.3 cm³/mol. The Morgan fingerprint density at radius 3 is 2.52 bits per heavy atom. The van der Waals surface area contributed by atoms with Crippen LogP contribution in [0, 0.1) is 16.7 Å². The molecule has 0 aromatic rings. The van der Waals surface area contributed by atoms with Gasteiger partial charge in [0.15, 0.2) is 0 Å². The van der Waals surface area contributed by atoms with Gasteiger partial charge in [0.2, 0.25) is 0 Å². The minimum absolute atomic E-state index is 0.209. The van der Waals surface area contributed by atoms with Crippen LogP contribution in [0.5, 0.6) is 0 Å². The molecule has 126 valence electrons. The predicted octanol–water partition coefficient (Wildman–Crippen LogP) is 6.19. The lowest BCUT2D eigenvalue weighted by Crippen LogP contribution is -2.29. The summed E-state index contributed by atoms with van der Waals surface area (Å²) in [6, 6.07) is 0. The van der Waals surface area contributed by atoms with Crippen LogP contribution < -0.4 is 0 Å². The summed E-state index contributed by atoms with van der Waals surface area (Å²) in [6.45, 7) is 10.7. The van der Waals surface area contributed by atoms with E-state index >= 15 is 0 Å². The highest BCUT2D eigenvalue weighted by Gasteiger charge is 2.61. The van der Waals surface area contributed by atoms with E-state index in [1.165, 1.54) is 31.3 Å². The third kappa shape index (κ3) is 4.34. The number of carbonyl (C=O) groups is 1. The van der Waals surface area contributed by atoms with Crippen LogP contribution in [-0.2, 0) is 4.79 Å². The Bertz CT molecular complexity index is 571. The summed E-state index contributed by atoms with van der Waals surface area (Å²) < 4.78 is 0. The fourth-order valence-electron chi connectivity index (χ4n) is 4.05. The third-order valence-corrected chi connectivity index (χ3v) is 5.84. The number of hydrogen-bond acceptors (Lipinski definition) is 1. The van der Waals surface area contributed by atoms with Crippen LogP contribution in [0.3, 0.4) is 0 Å². The van der Waals surface area contributed by atoms with Gasteiger partial charge in [0, 0.05) is 6.42 Å². The van der Waals surface area contributed by atoms with Crippen LogP contribution in [0.15, 0.2) is 47.6 Å². The van der Waals surface area contributed by atoms with Gasteiger partial charge in [-0.3, -0.25) is 4.79 Å². The molecule has 2 unspecified atom stereocenters. The smallest absolute Gasteiger partial charge is 0.133 e. The first-order chi connectivity index (χ1) is 10.8. The van der Waals surface area contributed by atoms with Gasteiger partial charge in [-0.05, 0) is 56.8 Å². The van der Waals surface area contributed by atoms with Gasteiger partial charge in [-0.25, -0.2) is 0 Å². The van der Waals surface area contributed by atoms with Gasteiger partial charge < -0.3 is 0 Å². The molecule has 0 radical (unpaired) electrons. The molecule has 0 heterocycles. The van der Waals surface area contributed by atoms with Crippen molar-refractivity contribution in [1.29, 1.82) is 0 Å². The van der Waals surface area contributed by atoms with Gasteiger partial charge in [-0.1, -0.05) is 67.9 Å². The molecule has 0 spiro atoms. The maximum Gasteiger partial charge on any atom is 0.133 e. The molecule has 1 nitrogen and oxygen atoms in total. The molecule has 2 atom stereocenters. The summed E-state index contributed by atoms with van der Waals surface area (Å²) in [7, 11) is 0. The first-order valence-electron chi connectivity index (χ1n) is 8.97. The van der Waals surface area contributed by atoms with Crippen molar-refractivity contribution in [2.24, 2.45) is 16.7 Å². The maximum atomic E-state index is 11.0. The molecule has 1 heteroatoms. The van der Waals surface area contributed by atoms with Crippen LogP contribution in [-0.4, -0.2) is 5.78 Å². The molecule has 2 fully saturated rings. The molecule has 0 aromatic carbocycles. The molecule has 0 amide bonds. The van der Waals surface area contributed by atoms with Gasteiger partial charge in [0.05, 0.1) is 0 Å². The molecule has 0 bridgehead atoms. The van der Waals surface area contributed by atoms with Gasteiger partial charge in [0.1, 0.15) is 5.78 Å². The summed E-state index contributed by atoms with van der Waals surface area (Å²) in [5.74, 6) is 1.13. The van der Waals surface area contributed by atoms with Crippen molar-refractivity contribution in [1.82, 2.24) is 0 Å². The Morgan fingerprint density at radius 2 is 1.87 bits per heavy atom. The van der Waals surface area contributed by atoms with Crippen molar-refractivity contribution in [2.75, 3.05) is 0 Å². The lowest BCUT2D eigenvalue weighted by Gasteiger charge is -2.37. The molecule has 0 aromatic heterocycles. The zero-order valence-corrected chi connectivity index (χ0v) is 15.5. The maximum absolute atomic E-state index is 11.0. The number of fused-ring (bicyclic) bond motifs is 1. The van der Waals surface area contributed by atoms with Crippen molar-refractivity contribution >= 4 is 5.78 Å². The van der Waals surface area contributed by atoms with Crippen molar-refractivity contribution in [3.8, 4) is 0 Å². The molecule has 2 aliphatic rings. The number of Topliss-reactive ketones (excluding diaryl/α,β-unsaturated/α-hetero) is 1. The highest BCUT2D eigenvalue weighted by atomic mass is 16.1. The fourth-order valence-corrected chi connectivity index (χ4v) is 4.05. The monoisotopic (exact) mass is 312 g/mol. The summed E-state index contributed by atoms with van der Waals surface area (Å²) in [6.07, 6.45) is 19.2. The van der Waals surface area contributed by atoms with Gasteiger partial charge in [0.25, 0.3) is 0 Å². The standard InChI is InChI=1S/C22H32O/c1-17(11-12-19(3)23)8-6-9-18(2)13-15-22-16-20(22)10-7-14-21(22,4)5/h6,8-9,11,13,15,20H,7,10,12,14,16H2,1-5H3/b8-6+,15-13+,17-11+,18-9+. The summed E-state index contributed by atoms with van der Waals surface area (Å²) in [4.78, 5) is 11.0. The average Bonchev–Trinajstić information content (AvgIpc) is 3.19. The Hall–Kier alpha value is -1.37. The first kappa shape index (κ1) is 18.0. The molecule has 2 rings (SSSR count). The molecule has 0 N–H and O–H groups in total. The largest absolute Gasteiger partial charge is 0.300 e. The van der Waals surface area contributed by atoms with Crippen LogP contribution in [0.4, 0.5) is 0 Å². The van der Waals surface area contributed by atoms with Crippen LogP contribution in [0.1, 0.15) is 66.7 Å². The zero-order chi connectivity index (χ0) is 17.1. The van der Waals surface area contributed by atoms with E-state index < -0.39 is 0 Å². The SMILES string of the molecule is CC(=O)C/C=C(C)/C=C/C=C(C)/C=C/C12CC1CCCC2(C)C. The molecule has 23 heavy (non-hydrogen) atoms. The normalized spacial score (nSPS) is 30.7. The van der Waals surface area contributed by atoms with Crippen molar-refractivity contribution < 1.29 is 4.79 Å². The zero-order valence-electron chi connectivity index (χ0n) is 15.5.